The van der Waals surface area contributed by atoms with E-state index in [2.05, 4.69) is 22.1 Å². The van der Waals surface area contributed by atoms with Crippen molar-refractivity contribution in [3.05, 3.63) is 58.7 Å². The first-order valence-electron chi connectivity index (χ1n) is 9.83. The largest absolute Gasteiger partial charge is 0.465 e. The number of amides is 1. The number of methoxy groups -OCH3 is 2. The molecule has 0 fully saturated rings. The number of thioether (sulfide) groups is 1. The van der Waals surface area contributed by atoms with Crippen LogP contribution in [0.25, 0.3) is 11.4 Å². The second kappa shape index (κ2) is 11.1. The highest BCUT2D eigenvalue weighted by Gasteiger charge is 2.27. The second-order valence-corrected chi connectivity index (χ2v) is 8.76. The Labute approximate surface area is 203 Å². The third-order valence-electron chi connectivity index (χ3n) is 4.62. The van der Waals surface area contributed by atoms with Crippen molar-refractivity contribution in [3.8, 4) is 11.4 Å². The molecule has 0 saturated carbocycles. The summed E-state index contributed by atoms with van der Waals surface area (Å²) >= 11 is 2.06. The zero-order chi connectivity index (χ0) is 24.8. The molecular formula is C22H21FN4O5S2. The lowest BCUT2D eigenvalue weighted by molar-refractivity contribution is -0.113. The van der Waals surface area contributed by atoms with Crippen molar-refractivity contribution >= 4 is 45.9 Å². The highest BCUT2D eigenvalue weighted by Crippen LogP contribution is 2.34. The van der Waals surface area contributed by atoms with E-state index in [0.717, 1.165) is 23.1 Å². The Morgan fingerprint density at radius 3 is 2.47 bits per heavy atom. The molecule has 9 nitrogen and oxygen atoms in total. The van der Waals surface area contributed by atoms with E-state index in [1.54, 1.807) is 29.7 Å². The number of carbonyl (C=O) groups is 3. The van der Waals surface area contributed by atoms with E-state index < -0.39 is 17.8 Å². The topological polar surface area (TPSA) is 112 Å². The molecule has 178 valence electrons. The maximum Gasteiger partial charge on any atom is 0.348 e. The van der Waals surface area contributed by atoms with Gasteiger partial charge in [0.2, 0.25) is 5.91 Å². The number of halogens is 1. The minimum Gasteiger partial charge on any atom is -0.465 e. The lowest BCUT2D eigenvalue weighted by atomic mass is 10.1. The van der Waals surface area contributed by atoms with Gasteiger partial charge in [-0.15, -0.1) is 28.1 Å². The summed E-state index contributed by atoms with van der Waals surface area (Å²) < 4.78 is 24.6. The molecule has 1 aromatic carbocycles. The van der Waals surface area contributed by atoms with E-state index >= 15 is 0 Å². The molecule has 0 aliphatic carbocycles. The van der Waals surface area contributed by atoms with Crippen molar-refractivity contribution in [2.75, 3.05) is 25.3 Å². The fraction of sp³-hybridized carbons (Fsp3) is 0.227. The number of esters is 2. The fourth-order valence-corrected chi connectivity index (χ4v) is 4.91. The lowest BCUT2D eigenvalue weighted by Gasteiger charge is -2.08. The number of carbonyl (C=O) groups excluding carboxylic acids is 3. The van der Waals surface area contributed by atoms with Gasteiger partial charge in [0, 0.05) is 12.1 Å². The number of thiophene rings is 1. The van der Waals surface area contributed by atoms with Gasteiger partial charge in [-0.3, -0.25) is 9.36 Å². The molecule has 0 aliphatic heterocycles. The van der Waals surface area contributed by atoms with Crippen LogP contribution in [-0.2, 0) is 20.8 Å². The normalized spacial score (nSPS) is 10.6. The number of benzene rings is 1. The first-order valence-corrected chi connectivity index (χ1v) is 11.6. The summed E-state index contributed by atoms with van der Waals surface area (Å²) in [4.78, 5) is 37.1. The van der Waals surface area contributed by atoms with Crippen LogP contribution in [0.3, 0.4) is 0 Å². The van der Waals surface area contributed by atoms with Gasteiger partial charge in [0.1, 0.15) is 15.7 Å². The lowest BCUT2D eigenvalue weighted by Crippen LogP contribution is -2.16. The van der Waals surface area contributed by atoms with E-state index in [1.807, 2.05) is 0 Å². The van der Waals surface area contributed by atoms with Crippen molar-refractivity contribution < 1.29 is 28.2 Å². The van der Waals surface area contributed by atoms with Crippen molar-refractivity contribution in [2.24, 2.45) is 0 Å². The molecule has 3 rings (SSSR count). The molecule has 0 unspecified atom stereocenters. The number of hydrogen-bond acceptors (Lipinski definition) is 9. The smallest absolute Gasteiger partial charge is 0.348 e. The molecule has 12 heteroatoms. The Morgan fingerprint density at radius 2 is 1.85 bits per heavy atom. The number of rotatable bonds is 9. The Bertz CT molecular complexity index is 1240. The Morgan fingerprint density at radius 1 is 1.18 bits per heavy atom. The minimum absolute atomic E-state index is 0.0518. The molecule has 1 amide bonds. The highest BCUT2D eigenvalue weighted by atomic mass is 32.2. The number of ether oxygens (including phenoxy) is 2. The first-order chi connectivity index (χ1) is 16.3. The van der Waals surface area contributed by atoms with Crippen molar-refractivity contribution in [2.45, 2.75) is 18.6 Å². The van der Waals surface area contributed by atoms with Crippen LogP contribution in [0.1, 0.15) is 25.6 Å². The third-order valence-corrected chi connectivity index (χ3v) is 6.78. The molecule has 0 spiro atoms. The van der Waals surface area contributed by atoms with E-state index in [1.165, 1.54) is 26.4 Å². The average molecular weight is 505 g/mol. The predicted octanol–water partition coefficient (Wildman–Crippen LogP) is 3.94. The molecular weight excluding hydrogens is 483 g/mol. The van der Waals surface area contributed by atoms with Gasteiger partial charge in [-0.2, -0.15) is 0 Å². The Kier molecular flexibility index (Phi) is 8.18. The molecule has 0 atom stereocenters. The van der Waals surface area contributed by atoms with Gasteiger partial charge in [0.05, 0.1) is 25.5 Å². The number of aromatic nitrogens is 3. The molecule has 0 bridgehead atoms. The predicted molar refractivity (Wildman–Crippen MR) is 127 cm³/mol. The second-order valence-electron chi connectivity index (χ2n) is 6.79. The zero-order valence-electron chi connectivity index (χ0n) is 18.6. The molecule has 1 N–H and O–H groups in total. The van der Waals surface area contributed by atoms with Crippen LogP contribution in [-0.4, -0.2) is 52.6 Å². The number of anilines is 1. The van der Waals surface area contributed by atoms with Gasteiger partial charge in [-0.25, -0.2) is 14.0 Å². The summed E-state index contributed by atoms with van der Waals surface area (Å²) in [5.74, 6) is -1.63. The van der Waals surface area contributed by atoms with E-state index in [-0.39, 0.29) is 27.0 Å². The van der Waals surface area contributed by atoms with Gasteiger partial charge >= 0.3 is 11.9 Å². The number of allylic oxidation sites excluding steroid dienone is 1. The Hall–Kier alpha value is -3.51. The van der Waals surface area contributed by atoms with Crippen LogP contribution in [0, 0.1) is 12.7 Å². The van der Waals surface area contributed by atoms with Crippen LogP contribution in [0.15, 0.2) is 42.1 Å². The Balaban J connectivity index is 1.79. The number of nitrogens with one attached hydrogen (secondary N) is 1. The quantitative estimate of drug-likeness (QED) is 0.265. The zero-order valence-corrected chi connectivity index (χ0v) is 20.2. The summed E-state index contributed by atoms with van der Waals surface area (Å²) in [5.41, 5.74) is 1.13. The molecule has 2 aromatic heterocycles. The van der Waals surface area contributed by atoms with E-state index in [4.69, 9.17) is 9.47 Å². The molecule has 2 heterocycles. The molecule has 34 heavy (non-hydrogen) atoms. The van der Waals surface area contributed by atoms with Gasteiger partial charge in [0.25, 0.3) is 0 Å². The highest BCUT2D eigenvalue weighted by molar-refractivity contribution is 7.99. The molecule has 3 aromatic rings. The standard InChI is InChI=1S/C22H21FN4O5S2/c1-5-10-27-18(13-6-8-14(23)9-7-13)25-26-22(27)33-11-15(28)24-19-16(20(29)31-3)12(2)17(34-19)21(30)32-4/h5-9H,1,10-11H2,2-4H3,(H,24,28). The van der Waals surface area contributed by atoms with Gasteiger partial charge < -0.3 is 14.8 Å². The average Bonchev–Trinajstić information content (AvgIpc) is 3.38. The van der Waals surface area contributed by atoms with Gasteiger partial charge in [0.15, 0.2) is 11.0 Å². The fourth-order valence-electron chi connectivity index (χ4n) is 3.03. The molecule has 0 radical (unpaired) electrons. The van der Waals surface area contributed by atoms with Crippen LogP contribution in [0.4, 0.5) is 9.39 Å². The number of nitrogens with zero attached hydrogens (tertiary/aromatic N) is 3. The number of hydrogen-bond donors (Lipinski definition) is 1. The molecule has 0 saturated heterocycles. The molecule has 0 aliphatic rings. The van der Waals surface area contributed by atoms with Gasteiger partial charge in [-0.1, -0.05) is 17.8 Å². The van der Waals surface area contributed by atoms with Crippen LogP contribution >= 0.6 is 23.1 Å². The van der Waals surface area contributed by atoms with Crippen molar-refractivity contribution in [3.63, 3.8) is 0 Å². The van der Waals surface area contributed by atoms with Crippen molar-refractivity contribution in [1.29, 1.82) is 0 Å². The first kappa shape index (κ1) is 25.1. The summed E-state index contributed by atoms with van der Waals surface area (Å²) in [6.45, 7) is 5.69. The summed E-state index contributed by atoms with van der Waals surface area (Å²) in [6, 6.07) is 5.83. The SMILES string of the molecule is C=CCn1c(SCC(=O)Nc2sc(C(=O)OC)c(C)c2C(=O)OC)nnc1-c1ccc(F)cc1. The van der Waals surface area contributed by atoms with Crippen LogP contribution in [0.5, 0.6) is 0 Å². The van der Waals surface area contributed by atoms with Crippen LogP contribution in [0.2, 0.25) is 0 Å². The maximum absolute atomic E-state index is 13.3. The van der Waals surface area contributed by atoms with Crippen molar-refractivity contribution in [1.82, 2.24) is 14.8 Å². The third kappa shape index (κ3) is 5.34. The summed E-state index contributed by atoms with van der Waals surface area (Å²) in [6.07, 6.45) is 1.66. The van der Waals surface area contributed by atoms with E-state index in [0.29, 0.717) is 28.7 Å². The van der Waals surface area contributed by atoms with Gasteiger partial charge in [-0.05, 0) is 36.8 Å². The monoisotopic (exact) mass is 504 g/mol. The summed E-state index contributed by atoms with van der Waals surface area (Å²) in [7, 11) is 2.44. The maximum atomic E-state index is 13.3. The van der Waals surface area contributed by atoms with Crippen LogP contribution < -0.4 is 5.32 Å². The summed E-state index contributed by atoms with van der Waals surface area (Å²) in [5, 5.41) is 11.6. The minimum atomic E-state index is -0.679. The van der Waals surface area contributed by atoms with E-state index in [9.17, 15) is 18.8 Å².